The molecule has 4 nitrogen and oxygen atoms in total. The van der Waals surface area contributed by atoms with Crippen LogP contribution in [0.15, 0.2) is 46.9 Å². The molecule has 1 saturated carbocycles. The molecule has 0 unspecified atom stereocenters. The van der Waals surface area contributed by atoms with Crippen molar-refractivity contribution in [3.8, 4) is 0 Å². The van der Waals surface area contributed by atoms with Gasteiger partial charge in [-0.15, -0.1) is 11.6 Å². The van der Waals surface area contributed by atoms with Crippen molar-refractivity contribution in [2.75, 3.05) is 10.8 Å². The van der Waals surface area contributed by atoms with E-state index >= 15 is 0 Å². The molecule has 0 aromatic heterocycles. The maximum atomic E-state index is 14.9. The summed E-state index contributed by atoms with van der Waals surface area (Å²) < 4.78 is 15.4. The fourth-order valence-corrected chi connectivity index (χ4v) is 4.75. The Balaban J connectivity index is 2.09. The van der Waals surface area contributed by atoms with Crippen molar-refractivity contribution in [1.29, 1.82) is 0 Å². The summed E-state index contributed by atoms with van der Waals surface area (Å²) in [5, 5.41) is 3.40. The number of halogens is 4. The smallest absolute Gasteiger partial charge is 0.248 e. The van der Waals surface area contributed by atoms with Crippen LogP contribution in [0.2, 0.25) is 5.02 Å². The molecule has 1 aliphatic carbocycles. The highest BCUT2D eigenvalue weighted by Crippen LogP contribution is 2.35. The van der Waals surface area contributed by atoms with Gasteiger partial charge in [-0.1, -0.05) is 65.5 Å². The highest BCUT2D eigenvalue weighted by molar-refractivity contribution is 9.10. The first-order valence-corrected chi connectivity index (χ1v) is 11.9. The molecule has 3 rings (SSSR count). The van der Waals surface area contributed by atoms with Gasteiger partial charge < -0.3 is 5.32 Å². The molecule has 1 N–H and O–H groups in total. The number of amides is 2. The van der Waals surface area contributed by atoms with Gasteiger partial charge >= 0.3 is 0 Å². The van der Waals surface area contributed by atoms with E-state index in [1.165, 1.54) is 12.1 Å². The minimum atomic E-state index is -1.16. The molecule has 0 aliphatic heterocycles. The Labute approximate surface area is 200 Å². The normalized spacial score (nSPS) is 19.5. The number of carbonyl (C=O) groups is 2. The molecule has 2 amide bonds. The van der Waals surface area contributed by atoms with E-state index in [0.29, 0.717) is 21.0 Å². The van der Waals surface area contributed by atoms with Gasteiger partial charge in [-0.25, -0.2) is 4.39 Å². The van der Waals surface area contributed by atoms with Crippen LogP contribution < -0.4 is 10.2 Å². The SMILES string of the molecule is C[C@@H]1CCCC[C@H]1NC(=O)[C@H](c1ccccc1Cl)N(C(=O)CCl)c1ccc(Br)cc1F. The molecule has 1 aliphatic rings. The maximum absolute atomic E-state index is 14.9. The summed E-state index contributed by atoms with van der Waals surface area (Å²) in [6, 6.07) is 9.89. The molecule has 2 aromatic rings. The van der Waals surface area contributed by atoms with Gasteiger partial charge in [0.1, 0.15) is 17.7 Å². The van der Waals surface area contributed by atoms with Gasteiger partial charge in [-0.3, -0.25) is 14.5 Å². The number of nitrogens with zero attached hydrogens (tertiary/aromatic N) is 1. The molecule has 0 heterocycles. The van der Waals surface area contributed by atoms with Gasteiger partial charge in [-0.05, 0) is 43.0 Å². The third-order valence-electron chi connectivity index (χ3n) is 5.70. The van der Waals surface area contributed by atoms with Gasteiger partial charge in [-0.2, -0.15) is 0 Å². The first kappa shape index (κ1) is 24.0. The molecule has 0 spiro atoms. The largest absolute Gasteiger partial charge is 0.351 e. The number of hydrogen-bond acceptors (Lipinski definition) is 2. The fraction of sp³-hybridized carbons (Fsp3) is 0.391. The van der Waals surface area contributed by atoms with Crippen LogP contribution in [0.1, 0.15) is 44.2 Å². The summed E-state index contributed by atoms with van der Waals surface area (Å²) in [7, 11) is 0. The van der Waals surface area contributed by atoms with Gasteiger partial charge in [0.2, 0.25) is 11.8 Å². The summed E-state index contributed by atoms with van der Waals surface area (Å²) in [6.07, 6.45) is 4.03. The van der Waals surface area contributed by atoms with Crippen LogP contribution in [0.25, 0.3) is 0 Å². The molecule has 31 heavy (non-hydrogen) atoms. The molecule has 0 saturated heterocycles. The molecule has 2 aromatic carbocycles. The standard InChI is InChI=1S/C23H24BrCl2FN2O2/c1-14-6-2-5-9-19(14)28-23(31)22(16-7-3-4-8-17(16)26)29(21(30)13-25)20-11-10-15(24)12-18(20)27/h3-4,7-8,10-12,14,19,22H,2,5-6,9,13H2,1H3,(H,28,31)/t14-,19-,22+/m1/s1. The predicted octanol–water partition coefficient (Wildman–Crippen LogP) is 6.25. The average Bonchev–Trinajstić information content (AvgIpc) is 2.74. The Morgan fingerprint density at radius 3 is 2.58 bits per heavy atom. The second kappa shape index (κ2) is 10.8. The number of benzene rings is 2. The van der Waals surface area contributed by atoms with Gasteiger partial charge in [0, 0.05) is 21.1 Å². The first-order chi connectivity index (χ1) is 14.8. The van der Waals surface area contributed by atoms with E-state index in [9.17, 15) is 14.0 Å². The van der Waals surface area contributed by atoms with Crippen LogP contribution in [0.5, 0.6) is 0 Å². The first-order valence-electron chi connectivity index (χ1n) is 10.2. The van der Waals surface area contributed by atoms with Crippen LogP contribution in [-0.2, 0) is 9.59 Å². The molecule has 8 heteroatoms. The maximum Gasteiger partial charge on any atom is 0.248 e. The quantitative estimate of drug-likeness (QED) is 0.449. The van der Waals surface area contributed by atoms with Crippen LogP contribution >= 0.6 is 39.1 Å². The molecular formula is C23H24BrCl2FN2O2. The minimum Gasteiger partial charge on any atom is -0.351 e. The van der Waals surface area contributed by atoms with Crippen molar-refractivity contribution in [2.24, 2.45) is 5.92 Å². The van der Waals surface area contributed by atoms with E-state index < -0.39 is 29.6 Å². The second-order valence-corrected chi connectivity index (χ2v) is 9.38. The molecular weight excluding hydrogens is 506 g/mol. The summed E-state index contributed by atoms with van der Waals surface area (Å²) in [5.74, 6) is -1.76. The summed E-state index contributed by atoms with van der Waals surface area (Å²) in [5.41, 5.74) is 0.372. The molecule has 166 valence electrons. The summed E-state index contributed by atoms with van der Waals surface area (Å²) in [6.45, 7) is 2.10. The number of carbonyl (C=O) groups excluding carboxylic acids is 2. The van der Waals surface area contributed by atoms with Crippen LogP contribution in [0.4, 0.5) is 10.1 Å². The topological polar surface area (TPSA) is 49.4 Å². The summed E-state index contributed by atoms with van der Waals surface area (Å²) in [4.78, 5) is 27.6. The Kier molecular flexibility index (Phi) is 8.36. The lowest BCUT2D eigenvalue weighted by atomic mass is 9.85. The fourth-order valence-electron chi connectivity index (χ4n) is 4.05. The van der Waals surface area contributed by atoms with Crippen molar-refractivity contribution < 1.29 is 14.0 Å². The number of nitrogens with one attached hydrogen (secondary N) is 1. The molecule has 0 radical (unpaired) electrons. The number of hydrogen-bond donors (Lipinski definition) is 1. The zero-order valence-corrected chi connectivity index (χ0v) is 20.2. The highest BCUT2D eigenvalue weighted by atomic mass is 79.9. The third-order valence-corrected chi connectivity index (χ3v) is 6.76. The van der Waals surface area contributed by atoms with Crippen molar-refractivity contribution in [2.45, 2.75) is 44.7 Å². The Hall–Kier alpha value is -1.63. The monoisotopic (exact) mass is 528 g/mol. The van der Waals surface area contributed by atoms with Gasteiger partial charge in [0.15, 0.2) is 0 Å². The third kappa shape index (κ3) is 5.60. The van der Waals surface area contributed by atoms with Crippen LogP contribution in [0.3, 0.4) is 0 Å². The highest BCUT2D eigenvalue weighted by Gasteiger charge is 2.36. The number of rotatable bonds is 6. The predicted molar refractivity (Wildman–Crippen MR) is 126 cm³/mol. The van der Waals surface area contributed by atoms with Gasteiger partial charge in [0.25, 0.3) is 0 Å². The summed E-state index contributed by atoms with van der Waals surface area (Å²) >= 11 is 15.5. The number of anilines is 1. The lowest BCUT2D eigenvalue weighted by Gasteiger charge is -2.35. The van der Waals surface area contributed by atoms with E-state index in [0.717, 1.165) is 30.6 Å². The molecule has 1 fully saturated rings. The van der Waals surface area contributed by atoms with E-state index in [1.807, 2.05) is 0 Å². The van der Waals surface area contributed by atoms with Crippen molar-refractivity contribution in [3.05, 3.63) is 63.3 Å². The van der Waals surface area contributed by atoms with Crippen molar-refractivity contribution in [3.63, 3.8) is 0 Å². The lowest BCUT2D eigenvalue weighted by molar-refractivity contribution is -0.126. The Morgan fingerprint density at radius 1 is 1.23 bits per heavy atom. The van der Waals surface area contributed by atoms with Crippen molar-refractivity contribution in [1.82, 2.24) is 5.32 Å². The molecule has 0 bridgehead atoms. The van der Waals surface area contributed by atoms with E-state index in [1.54, 1.807) is 30.3 Å². The van der Waals surface area contributed by atoms with E-state index in [2.05, 4.69) is 28.2 Å². The average molecular weight is 530 g/mol. The Morgan fingerprint density at radius 2 is 1.94 bits per heavy atom. The second-order valence-electron chi connectivity index (χ2n) is 7.79. The lowest BCUT2D eigenvalue weighted by Crippen LogP contribution is -2.49. The van der Waals surface area contributed by atoms with Crippen LogP contribution in [0, 0.1) is 11.7 Å². The molecule has 3 atom stereocenters. The van der Waals surface area contributed by atoms with Gasteiger partial charge in [0.05, 0.1) is 5.69 Å². The van der Waals surface area contributed by atoms with Crippen LogP contribution in [-0.4, -0.2) is 23.7 Å². The number of alkyl halides is 1. The van der Waals surface area contributed by atoms with Crippen molar-refractivity contribution >= 4 is 56.6 Å². The Bertz CT molecular complexity index is 959. The minimum absolute atomic E-state index is 0.0195. The van der Waals surface area contributed by atoms with E-state index in [4.69, 9.17) is 23.2 Å². The zero-order valence-electron chi connectivity index (χ0n) is 17.1. The van der Waals surface area contributed by atoms with E-state index in [-0.39, 0.29) is 11.7 Å². The zero-order chi connectivity index (χ0) is 22.5.